The monoisotopic (exact) mass is 363 g/mol. The number of nitrogens with zero attached hydrogens (tertiary/aromatic N) is 1. The molecule has 4 rings (SSSR count). The van der Waals surface area contributed by atoms with Crippen LogP contribution >= 0.6 is 0 Å². The third-order valence-electron chi connectivity index (χ3n) is 4.96. The molecule has 27 heavy (non-hydrogen) atoms. The largest absolute Gasteiger partial charge is 0.452 e. The Labute approximate surface area is 155 Å². The average molecular weight is 363 g/mol. The summed E-state index contributed by atoms with van der Waals surface area (Å²) in [5.74, 6) is -1.72. The Balaban J connectivity index is 1.61. The zero-order valence-corrected chi connectivity index (χ0v) is 14.6. The van der Waals surface area contributed by atoms with Crippen LogP contribution in [-0.4, -0.2) is 48.0 Å². The van der Waals surface area contributed by atoms with Crippen LogP contribution < -0.4 is 0 Å². The Kier molecular flexibility index (Phi) is 4.32. The molecular formula is C21H17NO5. The molecule has 1 heterocycles. The normalized spacial score (nSPS) is 15.3. The summed E-state index contributed by atoms with van der Waals surface area (Å²) in [5, 5.41) is 0. The molecule has 2 aliphatic rings. The second kappa shape index (κ2) is 6.79. The minimum atomic E-state index is -0.778. The lowest BCUT2D eigenvalue weighted by atomic mass is 9.82. The number of carbonyl (C=O) groups excluding carboxylic acids is 4. The number of ketones is 2. The molecule has 1 aliphatic heterocycles. The van der Waals surface area contributed by atoms with Gasteiger partial charge in [-0.2, -0.15) is 0 Å². The number of carbonyl (C=O) groups is 4. The third-order valence-corrected chi connectivity index (χ3v) is 4.96. The van der Waals surface area contributed by atoms with Crippen LogP contribution in [0.4, 0.5) is 0 Å². The standard InChI is InChI=1S/C21H17NO5/c23-17(22-10-3-4-11-22)12-27-21(26)16-9-5-8-15-18(16)20(25)14-7-2-1-6-13(14)19(15)24/h1-2,5-9H,3-4,10-12H2. The van der Waals surface area contributed by atoms with Gasteiger partial charge in [0.15, 0.2) is 18.2 Å². The molecule has 0 bridgehead atoms. The topological polar surface area (TPSA) is 80.8 Å². The van der Waals surface area contributed by atoms with Gasteiger partial charge in [0.05, 0.1) is 5.56 Å². The summed E-state index contributed by atoms with van der Waals surface area (Å²) >= 11 is 0. The molecule has 136 valence electrons. The number of amides is 1. The summed E-state index contributed by atoms with van der Waals surface area (Å²) in [6.45, 7) is 0.961. The number of benzene rings is 2. The summed E-state index contributed by atoms with van der Waals surface area (Å²) in [6.07, 6.45) is 1.89. The first kappa shape index (κ1) is 17.1. The fourth-order valence-corrected chi connectivity index (χ4v) is 3.58. The average Bonchev–Trinajstić information content (AvgIpc) is 3.24. The predicted octanol–water partition coefficient (Wildman–Crippen LogP) is 2.24. The summed E-state index contributed by atoms with van der Waals surface area (Å²) < 4.78 is 5.15. The van der Waals surface area contributed by atoms with E-state index in [1.165, 1.54) is 18.2 Å². The van der Waals surface area contributed by atoms with Gasteiger partial charge in [0.25, 0.3) is 5.91 Å². The molecule has 2 aromatic rings. The van der Waals surface area contributed by atoms with Crippen LogP contribution in [0.3, 0.4) is 0 Å². The highest BCUT2D eigenvalue weighted by atomic mass is 16.5. The Morgan fingerprint density at radius 1 is 0.852 bits per heavy atom. The van der Waals surface area contributed by atoms with Crippen molar-refractivity contribution in [2.45, 2.75) is 12.8 Å². The highest BCUT2D eigenvalue weighted by molar-refractivity contribution is 6.30. The zero-order valence-electron chi connectivity index (χ0n) is 14.6. The van der Waals surface area contributed by atoms with Crippen LogP contribution in [0.25, 0.3) is 0 Å². The molecule has 1 fully saturated rings. The molecule has 0 spiro atoms. The van der Waals surface area contributed by atoms with Crippen molar-refractivity contribution in [3.8, 4) is 0 Å². The number of ether oxygens (including phenoxy) is 1. The van der Waals surface area contributed by atoms with Crippen molar-refractivity contribution in [3.63, 3.8) is 0 Å². The van der Waals surface area contributed by atoms with Crippen LogP contribution in [0.2, 0.25) is 0 Å². The smallest absolute Gasteiger partial charge is 0.339 e. The molecule has 1 saturated heterocycles. The lowest BCUT2D eigenvalue weighted by molar-refractivity contribution is -0.133. The van der Waals surface area contributed by atoms with E-state index in [0.29, 0.717) is 18.7 Å². The highest BCUT2D eigenvalue weighted by Gasteiger charge is 2.33. The van der Waals surface area contributed by atoms with Gasteiger partial charge < -0.3 is 9.64 Å². The van der Waals surface area contributed by atoms with E-state index < -0.39 is 11.8 Å². The first-order chi connectivity index (χ1) is 13.1. The number of likely N-dealkylation sites (tertiary alicyclic amines) is 1. The second-order valence-corrected chi connectivity index (χ2v) is 6.60. The number of hydrogen-bond donors (Lipinski definition) is 0. The fourth-order valence-electron chi connectivity index (χ4n) is 3.58. The Hall–Kier alpha value is -3.28. The van der Waals surface area contributed by atoms with Crippen molar-refractivity contribution >= 4 is 23.4 Å². The van der Waals surface area contributed by atoms with Gasteiger partial charge in [-0.25, -0.2) is 4.79 Å². The van der Waals surface area contributed by atoms with Gasteiger partial charge in [0.2, 0.25) is 0 Å². The van der Waals surface area contributed by atoms with Gasteiger partial charge in [0, 0.05) is 35.3 Å². The molecular weight excluding hydrogens is 346 g/mol. The summed E-state index contributed by atoms with van der Waals surface area (Å²) in [6, 6.07) is 11.0. The summed E-state index contributed by atoms with van der Waals surface area (Å²) in [5.41, 5.74) is 0.821. The second-order valence-electron chi connectivity index (χ2n) is 6.60. The van der Waals surface area contributed by atoms with Crippen molar-refractivity contribution in [1.29, 1.82) is 0 Å². The van der Waals surface area contributed by atoms with Gasteiger partial charge in [0.1, 0.15) is 0 Å². The zero-order chi connectivity index (χ0) is 19.0. The van der Waals surface area contributed by atoms with Gasteiger partial charge in [-0.3, -0.25) is 14.4 Å². The molecule has 0 unspecified atom stereocenters. The van der Waals surface area contributed by atoms with E-state index >= 15 is 0 Å². The maximum absolute atomic E-state index is 12.9. The van der Waals surface area contributed by atoms with E-state index in [1.54, 1.807) is 29.2 Å². The lowest BCUT2D eigenvalue weighted by Crippen LogP contribution is -2.32. The molecule has 0 aromatic heterocycles. The Morgan fingerprint density at radius 2 is 1.48 bits per heavy atom. The van der Waals surface area contributed by atoms with Gasteiger partial charge >= 0.3 is 5.97 Å². The van der Waals surface area contributed by atoms with Crippen molar-refractivity contribution in [2.24, 2.45) is 0 Å². The third kappa shape index (κ3) is 2.93. The van der Waals surface area contributed by atoms with E-state index in [1.807, 2.05) is 0 Å². The molecule has 1 aliphatic carbocycles. The first-order valence-corrected chi connectivity index (χ1v) is 8.84. The van der Waals surface area contributed by atoms with E-state index in [0.717, 1.165) is 12.8 Å². The maximum atomic E-state index is 12.9. The van der Waals surface area contributed by atoms with E-state index in [9.17, 15) is 19.2 Å². The highest BCUT2D eigenvalue weighted by Crippen LogP contribution is 2.29. The molecule has 0 N–H and O–H groups in total. The van der Waals surface area contributed by atoms with Crippen molar-refractivity contribution < 1.29 is 23.9 Å². The molecule has 2 aromatic carbocycles. The lowest BCUT2D eigenvalue weighted by Gasteiger charge is -2.20. The van der Waals surface area contributed by atoms with Crippen molar-refractivity contribution in [2.75, 3.05) is 19.7 Å². The van der Waals surface area contributed by atoms with Crippen LogP contribution in [0.1, 0.15) is 55.0 Å². The van der Waals surface area contributed by atoms with E-state index in [2.05, 4.69) is 0 Å². The van der Waals surface area contributed by atoms with Gasteiger partial charge in [-0.1, -0.05) is 36.4 Å². The van der Waals surface area contributed by atoms with Gasteiger partial charge in [-0.05, 0) is 18.9 Å². The number of hydrogen-bond acceptors (Lipinski definition) is 5. The molecule has 6 heteroatoms. The van der Waals surface area contributed by atoms with Crippen molar-refractivity contribution in [3.05, 3.63) is 70.3 Å². The SMILES string of the molecule is O=C(OCC(=O)N1CCCC1)c1cccc2c1C(=O)c1ccccc1C2=O. The quantitative estimate of drug-likeness (QED) is 0.667. The molecule has 0 atom stereocenters. The molecule has 0 radical (unpaired) electrons. The summed E-state index contributed by atoms with van der Waals surface area (Å²) in [7, 11) is 0. The molecule has 0 saturated carbocycles. The molecule has 6 nitrogen and oxygen atoms in total. The maximum Gasteiger partial charge on any atom is 0.339 e. The van der Waals surface area contributed by atoms with Crippen LogP contribution in [0.5, 0.6) is 0 Å². The predicted molar refractivity (Wildman–Crippen MR) is 95.8 cm³/mol. The first-order valence-electron chi connectivity index (χ1n) is 8.84. The molecule has 1 amide bonds. The van der Waals surface area contributed by atoms with Crippen LogP contribution in [-0.2, 0) is 9.53 Å². The summed E-state index contributed by atoms with van der Waals surface area (Å²) in [4.78, 5) is 51.9. The number of rotatable bonds is 3. The number of esters is 1. The van der Waals surface area contributed by atoms with Crippen LogP contribution in [0.15, 0.2) is 42.5 Å². The van der Waals surface area contributed by atoms with E-state index in [-0.39, 0.29) is 40.6 Å². The fraction of sp³-hybridized carbons (Fsp3) is 0.238. The Bertz CT molecular complexity index is 972. The Morgan fingerprint density at radius 3 is 2.19 bits per heavy atom. The van der Waals surface area contributed by atoms with Gasteiger partial charge in [-0.15, -0.1) is 0 Å². The number of fused-ring (bicyclic) bond motifs is 2. The minimum absolute atomic E-state index is 0.00887. The van der Waals surface area contributed by atoms with Crippen LogP contribution in [0, 0.1) is 0 Å². The minimum Gasteiger partial charge on any atom is -0.452 e. The van der Waals surface area contributed by atoms with Crippen molar-refractivity contribution in [1.82, 2.24) is 4.90 Å². The van der Waals surface area contributed by atoms with E-state index in [4.69, 9.17) is 4.74 Å².